The van der Waals surface area contributed by atoms with Crippen molar-refractivity contribution in [1.82, 2.24) is 4.90 Å². The Morgan fingerprint density at radius 2 is 1.84 bits per heavy atom. The molecule has 1 N–H and O–H groups in total. The van der Waals surface area contributed by atoms with Gasteiger partial charge in [0.25, 0.3) is 5.91 Å². The summed E-state index contributed by atoms with van der Waals surface area (Å²) < 4.78 is 26.2. The summed E-state index contributed by atoms with van der Waals surface area (Å²) in [6, 6.07) is 8.44. The zero-order valence-corrected chi connectivity index (χ0v) is 13.9. The summed E-state index contributed by atoms with van der Waals surface area (Å²) in [5.74, 6) is -1.69. The Kier molecular flexibility index (Phi) is 4.99. The van der Waals surface area contributed by atoms with E-state index in [1.54, 1.807) is 0 Å². The molecular weight excluding hydrogens is 350 g/mol. The van der Waals surface area contributed by atoms with Gasteiger partial charge >= 0.3 is 0 Å². The highest BCUT2D eigenvalue weighted by Crippen LogP contribution is 2.24. The number of benzene rings is 2. The van der Waals surface area contributed by atoms with E-state index < -0.39 is 17.7 Å². The highest BCUT2D eigenvalue weighted by atomic mass is 35.5. The molecule has 0 aromatic heterocycles. The van der Waals surface area contributed by atoms with Gasteiger partial charge in [-0.3, -0.25) is 9.59 Å². The maximum absolute atomic E-state index is 13.2. The van der Waals surface area contributed by atoms with Crippen LogP contribution in [0.1, 0.15) is 23.2 Å². The molecule has 3 rings (SSSR count). The lowest BCUT2D eigenvalue weighted by Gasteiger charge is -2.24. The molecule has 1 atom stereocenters. The molecule has 0 aliphatic carbocycles. The third-order valence-electron chi connectivity index (χ3n) is 4.09. The Bertz CT molecular complexity index is 811. The molecule has 1 unspecified atom stereocenters. The van der Waals surface area contributed by atoms with E-state index in [1.165, 1.54) is 41.3 Å². The number of carbonyl (C=O) groups is 2. The van der Waals surface area contributed by atoms with Crippen LogP contribution in [0.5, 0.6) is 0 Å². The van der Waals surface area contributed by atoms with Crippen molar-refractivity contribution in [2.45, 2.75) is 18.9 Å². The van der Waals surface area contributed by atoms with Crippen molar-refractivity contribution in [1.29, 1.82) is 0 Å². The first kappa shape index (κ1) is 17.4. The second-order valence-corrected chi connectivity index (χ2v) is 6.19. The fourth-order valence-corrected chi connectivity index (χ4v) is 3.02. The second kappa shape index (κ2) is 7.19. The van der Waals surface area contributed by atoms with Crippen molar-refractivity contribution >= 4 is 29.1 Å². The minimum Gasteiger partial charge on any atom is -0.327 e. The van der Waals surface area contributed by atoms with Crippen LogP contribution in [0.25, 0.3) is 0 Å². The Hall–Kier alpha value is -2.47. The van der Waals surface area contributed by atoms with Gasteiger partial charge in [0, 0.05) is 17.8 Å². The van der Waals surface area contributed by atoms with Crippen molar-refractivity contribution in [3.63, 3.8) is 0 Å². The van der Waals surface area contributed by atoms with E-state index >= 15 is 0 Å². The lowest BCUT2D eigenvalue weighted by molar-refractivity contribution is -0.119. The van der Waals surface area contributed by atoms with E-state index in [-0.39, 0.29) is 16.8 Å². The molecular formula is C18H15ClF2N2O2. The molecule has 25 heavy (non-hydrogen) atoms. The predicted octanol–water partition coefficient (Wildman–Crippen LogP) is 3.86. The highest BCUT2D eigenvalue weighted by molar-refractivity contribution is 6.31. The Balaban J connectivity index is 1.74. The van der Waals surface area contributed by atoms with Gasteiger partial charge in [0.15, 0.2) is 0 Å². The first-order chi connectivity index (χ1) is 12.0. The quantitative estimate of drug-likeness (QED) is 0.899. The molecule has 0 saturated carbocycles. The summed E-state index contributed by atoms with van der Waals surface area (Å²) in [5, 5.41) is 2.56. The van der Waals surface area contributed by atoms with Crippen molar-refractivity contribution in [3.05, 3.63) is 64.7 Å². The third kappa shape index (κ3) is 3.79. The number of halogens is 3. The molecule has 1 aliphatic heterocycles. The summed E-state index contributed by atoms with van der Waals surface area (Å²) in [6.45, 7) is 0.443. The summed E-state index contributed by atoms with van der Waals surface area (Å²) in [4.78, 5) is 26.6. The van der Waals surface area contributed by atoms with Gasteiger partial charge in [-0.05, 0) is 55.3 Å². The standard InChI is InChI=1S/C18H15ClF2N2O2/c19-14-10-13(7-8-15(14)21)22-17(24)16-2-1-9-23(16)18(25)11-3-5-12(20)6-4-11/h3-8,10,16H,1-2,9H2,(H,22,24). The molecule has 4 nitrogen and oxygen atoms in total. The Morgan fingerprint density at radius 1 is 1.12 bits per heavy atom. The number of nitrogens with one attached hydrogen (secondary N) is 1. The largest absolute Gasteiger partial charge is 0.327 e. The lowest BCUT2D eigenvalue weighted by Crippen LogP contribution is -2.43. The molecule has 0 radical (unpaired) electrons. The molecule has 7 heteroatoms. The number of anilines is 1. The summed E-state index contributed by atoms with van der Waals surface area (Å²) in [7, 11) is 0. The van der Waals surface area contributed by atoms with Crippen LogP contribution in [0.4, 0.5) is 14.5 Å². The monoisotopic (exact) mass is 364 g/mol. The summed E-state index contributed by atoms with van der Waals surface area (Å²) in [6.07, 6.45) is 1.21. The molecule has 1 fully saturated rings. The first-order valence-electron chi connectivity index (χ1n) is 7.78. The number of amides is 2. The van der Waals surface area contributed by atoms with Crippen LogP contribution in [-0.4, -0.2) is 29.3 Å². The maximum Gasteiger partial charge on any atom is 0.254 e. The van der Waals surface area contributed by atoms with E-state index in [0.29, 0.717) is 30.6 Å². The van der Waals surface area contributed by atoms with E-state index in [2.05, 4.69) is 5.32 Å². The smallest absolute Gasteiger partial charge is 0.254 e. The fourth-order valence-electron chi connectivity index (χ4n) is 2.84. The first-order valence-corrected chi connectivity index (χ1v) is 8.16. The van der Waals surface area contributed by atoms with Crippen LogP contribution in [0.15, 0.2) is 42.5 Å². The van der Waals surface area contributed by atoms with Gasteiger partial charge in [0.05, 0.1) is 5.02 Å². The maximum atomic E-state index is 13.2. The topological polar surface area (TPSA) is 49.4 Å². The Morgan fingerprint density at radius 3 is 2.52 bits per heavy atom. The molecule has 0 spiro atoms. The van der Waals surface area contributed by atoms with Gasteiger partial charge in [-0.25, -0.2) is 8.78 Å². The zero-order valence-electron chi connectivity index (χ0n) is 13.1. The van der Waals surface area contributed by atoms with Gasteiger partial charge in [0.1, 0.15) is 17.7 Å². The summed E-state index contributed by atoms with van der Waals surface area (Å²) in [5.41, 5.74) is 0.684. The van der Waals surface area contributed by atoms with Gasteiger partial charge in [0.2, 0.25) is 5.91 Å². The molecule has 1 saturated heterocycles. The fraction of sp³-hybridized carbons (Fsp3) is 0.222. The van der Waals surface area contributed by atoms with Crippen molar-refractivity contribution in [2.75, 3.05) is 11.9 Å². The van der Waals surface area contributed by atoms with E-state index in [9.17, 15) is 18.4 Å². The van der Waals surface area contributed by atoms with Gasteiger partial charge < -0.3 is 10.2 Å². The third-order valence-corrected chi connectivity index (χ3v) is 4.38. The average molecular weight is 365 g/mol. The minimum absolute atomic E-state index is 0.0940. The number of rotatable bonds is 3. The molecule has 1 heterocycles. The van der Waals surface area contributed by atoms with Crippen LogP contribution in [0.2, 0.25) is 5.02 Å². The molecule has 0 bridgehead atoms. The number of hydrogen-bond acceptors (Lipinski definition) is 2. The number of carbonyl (C=O) groups excluding carboxylic acids is 2. The Labute approximate surface area is 148 Å². The van der Waals surface area contributed by atoms with E-state index in [1.807, 2.05) is 0 Å². The zero-order chi connectivity index (χ0) is 18.0. The summed E-state index contributed by atoms with van der Waals surface area (Å²) >= 11 is 5.71. The van der Waals surface area contributed by atoms with Gasteiger partial charge in [-0.2, -0.15) is 0 Å². The molecule has 1 aliphatic rings. The second-order valence-electron chi connectivity index (χ2n) is 5.78. The number of nitrogens with zero attached hydrogens (tertiary/aromatic N) is 1. The normalized spacial score (nSPS) is 16.8. The van der Waals surface area contributed by atoms with Crippen LogP contribution in [0, 0.1) is 11.6 Å². The van der Waals surface area contributed by atoms with Crippen LogP contribution in [0.3, 0.4) is 0 Å². The van der Waals surface area contributed by atoms with Gasteiger partial charge in [-0.15, -0.1) is 0 Å². The minimum atomic E-state index is -0.638. The van der Waals surface area contributed by atoms with Crippen molar-refractivity contribution < 1.29 is 18.4 Å². The average Bonchev–Trinajstić information content (AvgIpc) is 3.08. The molecule has 2 amide bonds. The van der Waals surface area contributed by atoms with E-state index in [4.69, 9.17) is 11.6 Å². The lowest BCUT2D eigenvalue weighted by atomic mass is 10.1. The van der Waals surface area contributed by atoms with Crippen LogP contribution in [-0.2, 0) is 4.79 Å². The number of likely N-dealkylation sites (tertiary alicyclic amines) is 1. The molecule has 2 aromatic rings. The predicted molar refractivity (Wildman–Crippen MR) is 90.5 cm³/mol. The van der Waals surface area contributed by atoms with Crippen LogP contribution < -0.4 is 5.32 Å². The number of hydrogen-bond donors (Lipinski definition) is 1. The van der Waals surface area contributed by atoms with Crippen molar-refractivity contribution in [2.24, 2.45) is 0 Å². The molecule has 2 aromatic carbocycles. The SMILES string of the molecule is O=C(Nc1ccc(F)c(Cl)c1)C1CCCN1C(=O)c1ccc(F)cc1. The van der Waals surface area contributed by atoms with E-state index in [0.717, 1.165) is 6.07 Å². The molecule has 130 valence electrons. The van der Waals surface area contributed by atoms with Crippen molar-refractivity contribution in [3.8, 4) is 0 Å². The van der Waals surface area contributed by atoms with Gasteiger partial charge in [-0.1, -0.05) is 11.6 Å². The van der Waals surface area contributed by atoms with Crippen LogP contribution >= 0.6 is 11.6 Å². The highest BCUT2D eigenvalue weighted by Gasteiger charge is 2.34.